The Kier molecular flexibility index (Phi) is 5.01. The van der Waals surface area contributed by atoms with E-state index in [0.29, 0.717) is 51.7 Å². The summed E-state index contributed by atoms with van der Waals surface area (Å²) in [5.74, 6) is 1.41. The van der Waals surface area contributed by atoms with Crippen molar-refractivity contribution in [1.82, 2.24) is 15.0 Å². The topological polar surface area (TPSA) is 95.6 Å². The molecule has 146 valence electrons. The van der Waals surface area contributed by atoms with E-state index in [0.717, 1.165) is 12.8 Å². The second kappa shape index (κ2) is 7.75. The molecular weight excluding hydrogens is 362 g/mol. The number of nitrogens with zero attached hydrogens (tertiary/aromatic N) is 2. The van der Waals surface area contributed by atoms with Crippen molar-refractivity contribution < 1.29 is 23.7 Å². The lowest BCUT2D eigenvalue weighted by molar-refractivity contribution is 0.0528. The number of fused-ring (bicyclic) bond motifs is 2. The van der Waals surface area contributed by atoms with Crippen LogP contribution in [0, 0.1) is 0 Å². The quantitative estimate of drug-likeness (QED) is 0.491. The number of nitrogens with one attached hydrogen (secondary N) is 1. The Bertz CT molecular complexity index is 1010. The summed E-state index contributed by atoms with van der Waals surface area (Å²) in [7, 11) is 0. The number of ether oxygens (including phenoxy) is 4. The molecule has 0 fully saturated rings. The minimum atomic E-state index is -0.435. The number of aromatic nitrogens is 3. The third-order valence-corrected chi connectivity index (χ3v) is 4.45. The molecular formula is C20H21N3O5. The Morgan fingerprint density at radius 3 is 2.96 bits per heavy atom. The summed E-state index contributed by atoms with van der Waals surface area (Å²) in [5, 5.41) is 0. The maximum absolute atomic E-state index is 12.2. The third kappa shape index (κ3) is 3.11. The molecule has 8 heteroatoms. The number of rotatable bonds is 7. The van der Waals surface area contributed by atoms with Gasteiger partial charge in [-0.3, -0.25) is 0 Å². The van der Waals surface area contributed by atoms with Crippen LogP contribution >= 0.6 is 0 Å². The predicted molar refractivity (Wildman–Crippen MR) is 102 cm³/mol. The van der Waals surface area contributed by atoms with Gasteiger partial charge in [-0.15, -0.1) is 0 Å². The van der Waals surface area contributed by atoms with Crippen LogP contribution in [0.4, 0.5) is 0 Å². The van der Waals surface area contributed by atoms with E-state index in [1.807, 2.05) is 12.1 Å². The first-order chi connectivity index (χ1) is 13.7. The van der Waals surface area contributed by atoms with Crippen molar-refractivity contribution in [1.29, 1.82) is 0 Å². The fourth-order valence-corrected chi connectivity index (χ4v) is 3.12. The molecule has 1 N–H and O–H groups in total. The monoisotopic (exact) mass is 383 g/mol. The molecule has 0 unspecified atom stereocenters. The van der Waals surface area contributed by atoms with Gasteiger partial charge in [0.15, 0.2) is 11.5 Å². The van der Waals surface area contributed by atoms with Crippen molar-refractivity contribution >= 4 is 17.0 Å². The van der Waals surface area contributed by atoms with Gasteiger partial charge < -0.3 is 23.9 Å². The van der Waals surface area contributed by atoms with E-state index >= 15 is 0 Å². The van der Waals surface area contributed by atoms with E-state index in [1.54, 1.807) is 13.1 Å². The van der Waals surface area contributed by atoms with Crippen molar-refractivity contribution in [2.45, 2.75) is 26.7 Å². The molecule has 0 aliphatic carbocycles. The molecule has 1 aliphatic heterocycles. The van der Waals surface area contributed by atoms with Crippen molar-refractivity contribution in [3.05, 3.63) is 30.2 Å². The number of carbonyl (C=O) groups is 1. The zero-order valence-electron chi connectivity index (χ0n) is 15.8. The number of aromatic amines is 1. The molecule has 0 saturated carbocycles. The highest BCUT2D eigenvalue weighted by Crippen LogP contribution is 2.47. The fourth-order valence-electron chi connectivity index (χ4n) is 3.12. The maximum atomic E-state index is 12.2. The second-order valence-electron chi connectivity index (χ2n) is 6.24. The second-order valence-corrected chi connectivity index (χ2v) is 6.24. The van der Waals surface area contributed by atoms with E-state index in [1.165, 1.54) is 6.33 Å². The lowest BCUT2D eigenvalue weighted by Crippen LogP contribution is -2.04. The number of unbranched alkanes of at least 4 members (excludes halogenated alkanes) is 1. The van der Waals surface area contributed by atoms with Gasteiger partial charge in [0.25, 0.3) is 0 Å². The van der Waals surface area contributed by atoms with Crippen molar-refractivity contribution in [2.24, 2.45) is 0 Å². The minimum Gasteiger partial charge on any atom is -0.493 e. The maximum Gasteiger partial charge on any atom is 0.341 e. The number of benzene rings is 1. The first-order valence-corrected chi connectivity index (χ1v) is 9.29. The SMILES string of the molecule is CCCCOc1ccc2c(c1-c1ncnc3c(C(=O)OCC)c[nH]c13)OCO2. The van der Waals surface area contributed by atoms with Gasteiger partial charge >= 0.3 is 5.97 Å². The van der Waals surface area contributed by atoms with Gasteiger partial charge in [0.1, 0.15) is 28.9 Å². The largest absolute Gasteiger partial charge is 0.493 e. The molecule has 0 radical (unpaired) electrons. The standard InChI is InChI=1S/C20H21N3O5/c1-3-5-8-26-13-6-7-14-19(28-11-27-14)15(13)17-18-16(22-10-23-17)12(9-21-18)20(24)25-4-2/h6-7,9-10,21H,3-5,8,11H2,1-2H3. The lowest BCUT2D eigenvalue weighted by Gasteiger charge is -2.13. The number of esters is 1. The summed E-state index contributed by atoms with van der Waals surface area (Å²) >= 11 is 0. The molecule has 1 aliphatic rings. The molecule has 0 amide bonds. The molecule has 2 aromatic heterocycles. The van der Waals surface area contributed by atoms with Crippen LogP contribution in [0.15, 0.2) is 24.7 Å². The van der Waals surface area contributed by atoms with Gasteiger partial charge in [0, 0.05) is 6.20 Å². The first-order valence-electron chi connectivity index (χ1n) is 9.29. The molecule has 28 heavy (non-hydrogen) atoms. The highest BCUT2D eigenvalue weighted by Gasteiger charge is 2.27. The van der Waals surface area contributed by atoms with E-state index in [9.17, 15) is 4.79 Å². The summed E-state index contributed by atoms with van der Waals surface area (Å²) < 4.78 is 22.3. The molecule has 3 heterocycles. The van der Waals surface area contributed by atoms with Crippen LogP contribution < -0.4 is 14.2 Å². The van der Waals surface area contributed by atoms with Crippen LogP contribution in [-0.4, -0.2) is 40.9 Å². The fraction of sp³-hybridized carbons (Fsp3) is 0.350. The molecule has 0 bridgehead atoms. The van der Waals surface area contributed by atoms with Crippen LogP contribution in [0.5, 0.6) is 17.2 Å². The minimum absolute atomic E-state index is 0.133. The summed E-state index contributed by atoms with van der Waals surface area (Å²) in [6.07, 6.45) is 4.96. The molecule has 3 aromatic rings. The summed E-state index contributed by atoms with van der Waals surface area (Å²) in [6, 6.07) is 3.67. The predicted octanol–water partition coefficient (Wildman–Crippen LogP) is 3.71. The first kappa shape index (κ1) is 18.1. The van der Waals surface area contributed by atoms with Gasteiger partial charge in [-0.05, 0) is 25.5 Å². The zero-order chi connectivity index (χ0) is 19.5. The molecule has 0 atom stereocenters. The molecule has 8 nitrogen and oxygen atoms in total. The zero-order valence-corrected chi connectivity index (χ0v) is 15.8. The summed E-state index contributed by atoms with van der Waals surface area (Å²) in [4.78, 5) is 24.1. The van der Waals surface area contributed by atoms with Gasteiger partial charge in [-0.25, -0.2) is 14.8 Å². The Hall–Kier alpha value is -3.29. The Morgan fingerprint density at radius 1 is 1.25 bits per heavy atom. The Balaban J connectivity index is 1.86. The number of hydrogen-bond acceptors (Lipinski definition) is 7. The van der Waals surface area contributed by atoms with E-state index < -0.39 is 5.97 Å². The normalized spacial score (nSPS) is 12.4. The number of H-pyrrole nitrogens is 1. The van der Waals surface area contributed by atoms with Crippen LogP contribution in [0.2, 0.25) is 0 Å². The van der Waals surface area contributed by atoms with E-state index in [-0.39, 0.29) is 13.4 Å². The molecule has 0 spiro atoms. The van der Waals surface area contributed by atoms with Gasteiger partial charge in [0.2, 0.25) is 6.79 Å². The van der Waals surface area contributed by atoms with Crippen molar-refractivity contribution in [3.8, 4) is 28.5 Å². The van der Waals surface area contributed by atoms with Crippen LogP contribution in [0.25, 0.3) is 22.3 Å². The highest BCUT2D eigenvalue weighted by atomic mass is 16.7. The Labute approximate surface area is 161 Å². The van der Waals surface area contributed by atoms with E-state index in [4.69, 9.17) is 18.9 Å². The van der Waals surface area contributed by atoms with Gasteiger partial charge in [-0.1, -0.05) is 13.3 Å². The number of hydrogen-bond donors (Lipinski definition) is 1. The number of carbonyl (C=O) groups excluding carboxylic acids is 1. The van der Waals surface area contributed by atoms with E-state index in [2.05, 4.69) is 21.9 Å². The summed E-state index contributed by atoms with van der Waals surface area (Å²) in [6.45, 7) is 4.87. The Morgan fingerprint density at radius 2 is 2.14 bits per heavy atom. The lowest BCUT2D eigenvalue weighted by atomic mass is 10.1. The highest BCUT2D eigenvalue weighted by molar-refractivity contribution is 6.06. The van der Waals surface area contributed by atoms with Crippen LogP contribution in [0.1, 0.15) is 37.0 Å². The van der Waals surface area contributed by atoms with Crippen molar-refractivity contribution in [3.63, 3.8) is 0 Å². The van der Waals surface area contributed by atoms with Crippen molar-refractivity contribution in [2.75, 3.05) is 20.0 Å². The third-order valence-electron chi connectivity index (χ3n) is 4.45. The molecule has 1 aromatic carbocycles. The van der Waals surface area contributed by atoms with Crippen LogP contribution in [-0.2, 0) is 4.74 Å². The average molecular weight is 383 g/mol. The molecule has 0 saturated heterocycles. The summed E-state index contributed by atoms with van der Waals surface area (Å²) in [5.41, 5.74) is 2.71. The smallest absolute Gasteiger partial charge is 0.341 e. The molecule has 4 rings (SSSR count). The van der Waals surface area contributed by atoms with Crippen LogP contribution in [0.3, 0.4) is 0 Å². The van der Waals surface area contributed by atoms with Gasteiger partial charge in [0.05, 0.1) is 24.3 Å². The average Bonchev–Trinajstić information content (AvgIpc) is 3.35. The van der Waals surface area contributed by atoms with Gasteiger partial charge in [-0.2, -0.15) is 0 Å².